The summed E-state index contributed by atoms with van der Waals surface area (Å²) in [5.74, 6) is -1.02. The van der Waals surface area contributed by atoms with Gasteiger partial charge in [-0.05, 0) is 30.3 Å². The van der Waals surface area contributed by atoms with E-state index in [0.29, 0.717) is 12.2 Å². The van der Waals surface area contributed by atoms with Crippen LogP contribution in [0.4, 0.5) is 4.39 Å². The van der Waals surface area contributed by atoms with Crippen molar-refractivity contribution >= 4 is 21.8 Å². The fraction of sp³-hybridized carbons (Fsp3) is 0.286. The summed E-state index contributed by atoms with van der Waals surface area (Å²) in [6, 6.07) is 5.17. The number of methoxy groups -OCH3 is 1. The van der Waals surface area contributed by atoms with Crippen LogP contribution in [0.15, 0.2) is 40.4 Å². The smallest absolute Gasteiger partial charge is 0.345 e. The van der Waals surface area contributed by atoms with Gasteiger partial charge < -0.3 is 10.1 Å². The minimum absolute atomic E-state index is 0.0694. The number of hydrogen-bond donors (Lipinski definition) is 1. The van der Waals surface area contributed by atoms with Gasteiger partial charge in [-0.3, -0.25) is 4.79 Å². The summed E-state index contributed by atoms with van der Waals surface area (Å²) < 4.78 is 46.4. The number of nitrogens with one attached hydrogen (secondary N) is 1. The molecule has 0 bridgehead atoms. The van der Waals surface area contributed by atoms with Crippen molar-refractivity contribution in [3.05, 3.63) is 47.4 Å². The molecule has 9 heteroatoms. The van der Waals surface area contributed by atoms with Gasteiger partial charge in [0.1, 0.15) is 11.5 Å². The van der Waals surface area contributed by atoms with Crippen LogP contribution in [-0.2, 0) is 19.7 Å². The Bertz CT molecular complexity index is 757. The van der Waals surface area contributed by atoms with Crippen LogP contribution >= 0.6 is 0 Å². The lowest BCUT2D eigenvalue weighted by Crippen LogP contribution is -2.39. The van der Waals surface area contributed by atoms with E-state index < -0.39 is 21.9 Å². The molecule has 0 saturated carbocycles. The van der Waals surface area contributed by atoms with E-state index in [1.54, 1.807) is 0 Å². The average molecular weight is 341 g/mol. The second-order valence-corrected chi connectivity index (χ2v) is 6.33. The standard InChI is InChI=1S/C14H16FN3O4S/c1-18-13(14(19)16-7-8-22-2)9-12(17-23(18,20)21)10-3-5-11(15)6-4-10/h3-6,9H,7-8H2,1-2H3,(H,16,19). The van der Waals surface area contributed by atoms with Crippen molar-refractivity contribution in [3.63, 3.8) is 0 Å². The fourth-order valence-corrected chi connectivity index (χ4v) is 2.79. The van der Waals surface area contributed by atoms with Crippen LogP contribution in [0.2, 0.25) is 0 Å². The zero-order valence-corrected chi connectivity index (χ0v) is 13.4. The molecule has 0 atom stereocenters. The molecular weight excluding hydrogens is 325 g/mol. The van der Waals surface area contributed by atoms with Gasteiger partial charge in [-0.15, -0.1) is 4.40 Å². The SMILES string of the molecule is COCCNC(=O)C1=CC(c2ccc(F)cc2)=NS(=O)(=O)N1C. The number of benzene rings is 1. The molecule has 0 saturated heterocycles. The normalized spacial score (nSPS) is 16.6. The molecule has 0 spiro atoms. The molecule has 0 radical (unpaired) electrons. The molecule has 1 aromatic carbocycles. The predicted molar refractivity (Wildman–Crippen MR) is 82.6 cm³/mol. The highest BCUT2D eigenvalue weighted by Crippen LogP contribution is 2.19. The van der Waals surface area contributed by atoms with Gasteiger partial charge >= 0.3 is 10.2 Å². The summed E-state index contributed by atoms with van der Waals surface area (Å²) in [6.45, 7) is 0.540. The summed E-state index contributed by atoms with van der Waals surface area (Å²) in [6.07, 6.45) is 1.34. The highest BCUT2D eigenvalue weighted by molar-refractivity contribution is 7.88. The van der Waals surface area contributed by atoms with Crippen molar-refractivity contribution in [2.75, 3.05) is 27.3 Å². The molecule has 1 amide bonds. The number of hydrogen-bond acceptors (Lipinski definition) is 4. The quantitative estimate of drug-likeness (QED) is 0.788. The number of halogens is 1. The number of ether oxygens (including phenoxy) is 1. The molecule has 23 heavy (non-hydrogen) atoms. The lowest BCUT2D eigenvalue weighted by molar-refractivity contribution is -0.118. The first-order valence-electron chi connectivity index (χ1n) is 6.69. The fourth-order valence-electron chi connectivity index (χ4n) is 1.88. The van der Waals surface area contributed by atoms with Gasteiger partial charge in [-0.2, -0.15) is 8.42 Å². The number of carbonyl (C=O) groups is 1. The Morgan fingerprint density at radius 2 is 2.00 bits per heavy atom. The molecule has 0 fully saturated rings. The molecule has 124 valence electrons. The highest BCUT2D eigenvalue weighted by Gasteiger charge is 2.29. The van der Waals surface area contributed by atoms with Crippen molar-refractivity contribution in [3.8, 4) is 0 Å². The molecule has 1 aromatic rings. The van der Waals surface area contributed by atoms with Crippen LogP contribution in [0.5, 0.6) is 0 Å². The molecule has 1 aliphatic rings. The van der Waals surface area contributed by atoms with E-state index >= 15 is 0 Å². The van der Waals surface area contributed by atoms with Crippen LogP contribution in [0.3, 0.4) is 0 Å². The van der Waals surface area contributed by atoms with E-state index in [1.165, 1.54) is 44.5 Å². The zero-order valence-electron chi connectivity index (χ0n) is 12.6. The lowest BCUT2D eigenvalue weighted by Gasteiger charge is -2.23. The van der Waals surface area contributed by atoms with Crippen molar-refractivity contribution in [2.45, 2.75) is 0 Å². The topological polar surface area (TPSA) is 88.1 Å². The molecular formula is C14H16FN3O4S. The molecule has 1 N–H and O–H groups in total. The Labute approximate surface area is 133 Å². The van der Waals surface area contributed by atoms with Crippen LogP contribution in [0.1, 0.15) is 5.56 Å². The van der Waals surface area contributed by atoms with Gasteiger partial charge in [0.25, 0.3) is 5.91 Å². The third-order valence-electron chi connectivity index (χ3n) is 3.14. The summed E-state index contributed by atoms with van der Waals surface area (Å²) >= 11 is 0. The van der Waals surface area contributed by atoms with E-state index in [0.717, 1.165) is 4.31 Å². The molecule has 2 rings (SSSR count). The maximum atomic E-state index is 13.0. The van der Waals surface area contributed by atoms with Gasteiger partial charge in [0.15, 0.2) is 0 Å². The number of rotatable bonds is 5. The third-order valence-corrected chi connectivity index (χ3v) is 4.45. The summed E-state index contributed by atoms with van der Waals surface area (Å²) in [4.78, 5) is 12.1. The average Bonchev–Trinajstić information content (AvgIpc) is 2.50. The molecule has 1 aliphatic heterocycles. The Morgan fingerprint density at radius 1 is 1.35 bits per heavy atom. The van der Waals surface area contributed by atoms with Crippen LogP contribution < -0.4 is 5.32 Å². The molecule has 0 unspecified atom stereocenters. The van der Waals surface area contributed by atoms with Crippen molar-refractivity contribution in [2.24, 2.45) is 4.40 Å². The molecule has 7 nitrogen and oxygen atoms in total. The zero-order chi connectivity index (χ0) is 17.0. The Hall–Kier alpha value is -2.26. The number of nitrogens with zero attached hydrogens (tertiary/aromatic N) is 2. The maximum absolute atomic E-state index is 13.0. The monoisotopic (exact) mass is 341 g/mol. The second-order valence-electron chi connectivity index (χ2n) is 4.71. The third kappa shape index (κ3) is 3.93. The van der Waals surface area contributed by atoms with Crippen molar-refractivity contribution in [1.82, 2.24) is 9.62 Å². The van der Waals surface area contributed by atoms with Gasteiger partial charge in [0.2, 0.25) is 0 Å². The van der Waals surface area contributed by atoms with E-state index in [4.69, 9.17) is 4.74 Å². The second kappa shape index (κ2) is 6.88. The Morgan fingerprint density at radius 3 is 2.61 bits per heavy atom. The first-order valence-corrected chi connectivity index (χ1v) is 8.08. The lowest BCUT2D eigenvalue weighted by atomic mass is 10.1. The first-order chi connectivity index (χ1) is 10.8. The van der Waals surface area contributed by atoms with Crippen molar-refractivity contribution < 1.29 is 22.3 Å². The van der Waals surface area contributed by atoms with Gasteiger partial charge in [-0.1, -0.05) is 0 Å². The van der Waals surface area contributed by atoms with Crippen LogP contribution in [-0.4, -0.2) is 51.7 Å². The number of carbonyl (C=O) groups excluding carboxylic acids is 1. The number of allylic oxidation sites excluding steroid dienone is 1. The number of amides is 1. The van der Waals surface area contributed by atoms with Gasteiger partial charge in [-0.25, -0.2) is 8.70 Å². The Kier molecular flexibility index (Phi) is 5.12. The van der Waals surface area contributed by atoms with E-state index in [9.17, 15) is 17.6 Å². The van der Waals surface area contributed by atoms with Crippen LogP contribution in [0, 0.1) is 5.82 Å². The minimum atomic E-state index is -4.03. The highest BCUT2D eigenvalue weighted by atomic mass is 32.2. The van der Waals surface area contributed by atoms with Gasteiger partial charge in [0.05, 0.1) is 12.3 Å². The van der Waals surface area contributed by atoms with E-state index in [2.05, 4.69) is 9.71 Å². The van der Waals surface area contributed by atoms with Crippen molar-refractivity contribution in [1.29, 1.82) is 0 Å². The van der Waals surface area contributed by atoms with E-state index in [-0.39, 0.29) is 18.0 Å². The Balaban J connectivity index is 2.35. The molecule has 1 heterocycles. The van der Waals surface area contributed by atoms with Gasteiger partial charge in [0, 0.05) is 26.3 Å². The summed E-state index contributed by atoms with van der Waals surface area (Å²) in [5.41, 5.74) is 0.390. The predicted octanol–water partition coefficient (Wildman–Crippen LogP) is 0.451. The summed E-state index contributed by atoms with van der Waals surface area (Å²) in [5, 5.41) is 2.55. The van der Waals surface area contributed by atoms with Crippen LogP contribution in [0.25, 0.3) is 0 Å². The summed E-state index contributed by atoms with van der Waals surface area (Å²) in [7, 11) is -1.30. The number of likely N-dealkylation sites (N-methyl/N-ethyl adjacent to an activating group) is 1. The maximum Gasteiger partial charge on any atom is 0.345 e. The largest absolute Gasteiger partial charge is 0.383 e. The van der Waals surface area contributed by atoms with E-state index in [1.807, 2.05) is 0 Å². The minimum Gasteiger partial charge on any atom is -0.383 e. The molecule has 0 aromatic heterocycles. The first kappa shape index (κ1) is 17.1. The molecule has 0 aliphatic carbocycles.